The number of carboxylic acid groups (broad SMARTS) is 1. The minimum atomic E-state index is -1.09. The lowest BCUT2D eigenvalue weighted by molar-refractivity contribution is -0.140. The Labute approximate surface area is 105 Å². The summed E-state index contributed by atoms with van der Waals surface area (Å²) < 4.78 is 10.2. The van der Waals surface area contributed by atoms with Gasteiger partial charge in [-0.1, -0.05) is 6.07 Å². The number of methoxy groups -OCH3 is 2. The Morgan fingerprint density at radius 1 is 1.17 bits per heavy atom. The minimum absolute atomic E-state index is 0.210. The molecule has 0 saturated carbocycles. The highest BCUT2D eigenvalue weighted by molar-refractivity contribution is 5.94. The van der Waals surface area contributed by atoms with Crippen molar-refractivity contribution in [2.45, 2.75) is 19.3 Å². The zero-order valence-electron chi connectivity index (χ0n) is 10.4. The van der Waals surface area contributed by atoms with Gasteiger partial charge in [-0.05, 0) is 24.1 Å². The van der Waals surface area contributed by atoms with Crippen molar-refractivity contribution in [3.63, 3.8) is 0 Å². The summed E-state index contributed by atoms with van der Waals surface area (Å²) in [5.74, 6) is -0.150. The molecule has 0 aliphatic carbocycles. The van der Waals surface area contributed by atoms with Crippen LogP contribution in [0.25, 0.3) is 0 Å². The van der Waals surface area contributed by atoms with Crippen LogP contribution in [0.15, 0.2) is 18.2 Å². The van der Waals surface area contributed by atoms with Crippen molar-refractivity contribution in [2.75, 3.05) is 14.2 Å². The van der Waals surface area contributed by atoms with Crippen LogP contribution in [0.1, 0.15) is 18.4 Å². The first-order valence-electron chi connectivity index (χ1n) is 5.51. The van der Waals surface area contributed by atoms with Crippen LogP contribution < -0.4 is 9.47 Å². The molecule has 5 nitrogen and oxygen atoms in total. The molecule has 0 heterocycles. The predicted molar refractivity (Wildman–Crippen MR) is 65.1 cm³/mol. The molecule has 98 valence electrons. The average molecular weight is 252 g/mol. The Morgan fingerprint density at radius 3 is 2.39 bits per heavy atom. The maximum absolute atomic E-state index is 11.3. The summed E-state index contributed by atoms with van der Waals surface area (Å²) in [4.78, 5) is 21.6. The largest absolute Gasteiger partial charge is 0.493 e. The van der Waals surface area contributed by atoms with E-state index >= 15 is 0 Å². The van der Waals surface area contributed by atoms with Gasteiger partial charge in [0.25, 0.3) is 0 Å². The van der Waals surface area contributed by atoms with E-state index in [0.717, 1.165) is 5.56 Å². The number of carboxylic acids is 1. The topological polar surface area (TPSA) is 72.8 Å². The summed E-state index contributed by atoms with van der Waals surface area (Å²) in [6.45, 7) is 0. The number of carbonyl (C=O) groups is 2. The Balaban J connectivity index is 2.63. The lowest BCUT2D eigenvalue weighted by Crippen LogP contribution is -2.07. The fourth-order valence-corrected chi connectivity index (χ4v) is 1.58. The third-order valence-corrected chi connectivity index (χ3v) is 2.49. The molecule has 0 bridgehead atoms. The van der Waals surface area contributed by atoms with Crippen molar-refractivity contribution in [3.8, 4) is 11.5 Å². The number of benzene rings is 1. The summed E-state index contributed by atoms with van der Waals surface area (Å²) in [5, 5.41) is 8.47. The zero-order chi connectivity index (χ0) is 13.5. The van der Waals surface area contributed by atoms with Crippen LogP contribution in [0.3, 0.4) is 0 Å². The third-order valence-electron chi connectivity index (χ3n) is 2.49. The summed E-state index contributed by atoms with van der Waals surface area (Å²) in [6, 6.07) is 5.37. The average Bonchev–Trinajstić information content (AvgIpc) is 2.35. The van der Waals surface area contributed by atoms with E-state index in [2.05, 4.69) is 0 Å². The van der Waals surface area contributed by atoms with Gasteiger partial charge in [0.2, 0.25) is 0 Å². The Bertz CT molecular complexity index is 439. The first-order valence-corrected chi connectivity index (χ1v) is 5.51. The number of Topliss-reactive ketones (excluding diaryl/α,β-unsaturated/α-hetero) is 1. The van der Waals surface area contributed by atoms with Crippen LogP contribution in [0.5, 0.6) is 11.5 Å². The summed E-state index contributed by atoms with van der Waals surface area (Å²) in [7, 11) is 3.09. The van der Waals surface area contributed by atoms with Crippen LogP contribution in [-0.2, 0) is 16.0 Å². The Kier molecular flexibility index (Phi) is 5.17. The highest BCUT2D eigenvalue weighted by Gasteiger charge is 2.09. The number of aryl methyl sites for hydroxylation is 1. The SMILES string of the molecule is COc1ccc(CCC(=O)CC(=O)O)cc1OC. The summed E-state index contributed by atoms with van der Waals surface area (Å²) in [6.07, 6.45) is 0.279. The second-order valence-electron chi connectivity index (χ2n) is 3.80. The molecular formula is C13H16O5. The Morgan fingerprint density at radius 2 is 1.83 bits per heavy atom. The van der Waals surface area contributed by atoms with Crippen LogP contribution in [0.2, 0.25) is 0 Å². The summed E-state index contributed by atoms with van der Waals surface area (Å²) in [5.41, 5.74) is 0.909. The number of hydrogen-bond acceptors (Lipinski definition) is 4. The molecule has 0 amide bonds. The van der Waals surface area contributed by atoms with Crippen LogP contribution in [0, 0.1) is 0 Å². The van der Waals surface area contributed by atoms with Gasteiger partial charge >= 0.3 is 5.97 Å². The van der Waals surface area contributed by atoms with Gasteiger partial charge in [-0.15, -0.1) is 0 Å². The van der Waals surface area contributed by atoms with Gasteiger partial charge in [0.1, 0.15) is 12.2 Å². The second-order valence-corrected chi connectivity index (χ2v) is 3.80. The van der Waals surface area contributed by atoms with E-state index in [1.165, 1.54) is 7.11 Å². The van der Waals surface area contributed by atoms with E-state index in [0.29, 0.717) is 17.9 Å². The zero-order valence-corrected chi connectivity index (χ0v) is 10.4. The predicted octanol–water partition coefficient (Wildman–Crippen LogP) is 1.68. The third kappa shape index (κ3) is 4.08. The lowest BCUT2D eigenvalue weighted by Gasteiger charge is -2.09. The van der Waals surface area contributed by atoms with Gasteiger partial charge in [-0.2, -0.15) is 0 Å². The molecule has 18 heavy (non-hydrogen) atoms. The maximum Gasteiger partial charge on any atom is 0.310 e. The van der Waals surface area contributed by atoms with Crippen LogP contribution in [-0.4, -0.2) is 31.1 Å². The molecule has 1 aromatic rings. The van der Waals surface area contributed by atoms with Crippen molar-refractivity contribution < 1.29 is 24.2 Å². The lowest BCUT2D eigenvalue weighted by atomic mass is 10.1. The number of ether oxygens (including phenoxy) is 2. The number of carbonyl (C=O) groups excluding carboxylic acids is 1. The van der Waals surface area contributed by atoms with Crippen molar-refractivity contribution in [1.82, 2.24) is 0 Å². The molecule has 1 N–H and O–H groups in total. The first-order chi connectivity index (χ1) is 8.56. The molecular weight excluding hydrogens is 236 g/mol. The van der Waals surface area contributed by atoms with E-state index in [-0.39, 0.29) is 12.2 Å². The van der Waals surface area contributed by atoms with E-state index in [4.69, 9.17) is 14.6 Å². The van der Waals surface area contributed by atoms with Gasteiger partial charge in [0.15, 0.2) is 11.5 Å². The van der Waals surface area contributed by atoms with E-state index in [1.807, 2.05) is 6.07 Å². The maximum atomic E-state index is 11.3. The number of rotatable bonds is 7. The molecule has 0 unspecified atom stereocenters. The standard InChI is InChI=1S/C13H16O5/c1-17-11-6-4-9(7-12(11)18-2)3-5-10(14)8-13(15)16/h4,6-7H,3,5,8H2,1-2H3,(H,15,16). The van der Waals surface area contributed by atoms with Gasteiger partial charge < -0.3 is 14.6 Å². The number of hydrogen-bond donors (Lipinski definition) is 1. The monoisotopic (exact) mass is 252 g/mol. The highest BCUT2D eigenvalue weighted by Crippen LogP contribution is 2.27. The van der Waals surface area contributed by atoms with Crippen molar-refractivity contribution in [3.05, 3.63) is 23.8 Å². The quantitative estimate of drug-likeness (QED) is 0.747. The molecule has 0 fully saturated rings. The highest BCUT2D eigenvalue weighted by atomic mass is 16.5. The molecule has 0 aliphatic heterocycles. The smallest absolute Gasteiger partial charge is 0.310 e. The fraction of sp³-hybridized carbons (Fsp3) is 0.385. The molecule has 0 atom stereocenters. The summed E-state index contributed by atoms with van der Waals surface area (Å²) >= 11 is 0. The van der Waals surface area contributed by atoms with Gasteiger partial charge in [0.05, 0.1) is 14.2 Å². The Hall–Kier alpha value is -2.04. The van der Waals surface area contributed by atoms with Crippen molar-refractivity contribution in [2.24, 2.45) is 0 Å². The van der Waals surface area contributed by atoms with Crippen molar-refractivity contribution in [1.29, 1.82) is 0 Å². The van der Waals surface area contributed by atoms with Crippen molar-refractivity contribution >= 4 is 11.8 Å². The normalized spacial score (nSPS) is 9.89. The molecule has 0 radical (unpaired) electrons. The van der Waals surface area contributed by atoms with E-state index < -0.39 is 12.4 Å². The molecule has 1 aromatic carbocycles. The molecule has 5 heteroatoms. The molecule has 1 rings (SSSR count). The molecule has 0 spiro atoms. The second kappa shape index (κ2) is 6.64. The number of ketones is 1. The van der Waals surface area contributed by atoms with Crippen LogP contribution >= 0.6 is 0 Å². The minimum Gasteiger partial charge on any atom is -0.493 e. The van der Waals surface area contributed by atoms with Gasteiger partial charge in [-0.25, -0.2) is 0 Å². The molecule has 0 aliphatic rings. The van der Waals surface area contributed by atoms with E-state index in [9.17, 15) is 9.59 Å². The number of aliphatic carboxylic acids is 1. The first kappa shape index (κ1) is 14.0. The van der Waals surface area contributed by atoms with Gasteiger partial charge in [0, 0.05) is 6.42 Å². The van der Waals surface area contributed by atoms with Gasteiger partial charge in [-0.3, -0.25) is 9.59 Å². The van der Waals surface area contributed by atoms with Crippen LogP contribution in [0.4, 0.5) is 0 Å². The molecule has 0 aromatic heterocycles. The van der Waals surface area contributed by atoms with E-state index in [1.54, 1.807) is 19.2 Å². The fourth-order valence-electron chi connectivity index (χ4n) is 1.58. The molecule has 0 saturated heterocycles.